The van der Waals surface area contributed by atoms with Gasteiger partial charge in [0.15, 0.2) is 0 Å². The van der Waals surface area contributed by atoms with Crippen molar-refractivity contribution in [2.45, 2.75) is 58.0 Å². The van der Waals surface area contributed by atoms with E-state index in [-0.39, 0.29) is 11.9 Å². The monoisotopic (exact) mass is 398 g/mol. The summed E-state index contributed by atoms with van der Waals surface area (Å²) in [4.78, 5) is 20.0. The maximum absolute atomic E-state index is 12.2. The Morgan fingerprint density at radius 1 is 1.32 bits per heavy atom. The quantitative estimate of drug-likeness (QED) is 0.568. The van der Waals surface area contributed by atoms with Gasteiger partial charge in [-0.2, -0.15) is 0 Å². The number of esters is 1. The third kappa shape index (κ3) is 4.22. The van der Waals surface area contributed by atoms with Gasteiger partial charge in [0.05, 0.1) is 13.0 Å². The molecular formula is C22H26N2O3S. The van der Waals surface area contributed by atoms with Crippen LogP contribution in [0.15, 0.2) is 29.8 Å². The van der Waals surface area contributed by atoms with Crippen molar-refractivity contribution in [2.75, 3.05) is 6.61 Å². The minimum absolute atomic E-state index is 0.100. The van der Waals surface area contributed by atoms with Gasteiger partial charge in [0.25, 0.3) is 0 Å². The van der Waals surface area contributed by atoms with E-state index in [1.54, 1.807) is 17.5 Å². The van der Waals surface area contributed by atoms with Crippen LogP contribution in [-0.2, 0) is 22.6 Å². The first kappa shape index (κ1) is 19.0. The highest BCUT2D eigenvalue weighted by Gasteiger charge is 2.25. The van der Waals surface area contributed by atoms with Gasteiger partial charge in [-0.1, -0.05) is 12.8 Å². The highest BCUT2D eigenvalue weighted by atomic mass is 32.1. The number of aromatic amines is 1. The molecule has 2 aromatic heterocycles. The van der Waals surface area contributed by atoms with Crippen LogP contribution in [0.25, 0.3) is 10.9 Å². The Bertz CT molecular complexity index is 933. The van der Waals surface area contributed by atoms with Gasteiger partial charge in [0.2, 0.25) is 0 Å². The molecule has 1 aliphatic carbocycles. The van der Waals surface area contributed by atoms with Gasteiger partial charge >= 0.3 is 5.97 Å². The molecule has 1 unspecified atom stereocenters. The smallest absolute Gasteiger partial charge is 0.306 e. The van der Waals surface area contributed by atoms with E-state index in [1.165, 1.54) is 29.5 Å². The van der Waals surface area contributed by atoms with Crippen molar-refractivity contribution >= 4 is 28.2 Å². The van der Waals surface area contributed by atoms with Crippen LogP contribution < -0.4 is 4.74 Å². The summed E-state index contributed by atoms with van der Waals surface area (Å²) in [6, 6.07) is 6.21. The first-order valence-corrected chi connectivity index (χ1v) is 10.9. The van der Waals surface area contributed by atoms with Gasteiger partial charge in [0.1, 0.15) is 17.4 Å². The molecule has 0 bridgehead atoms. The Kier molecular flexibility index (Phi) is 5.95. The van der Waals surface area contributed by atoms with Crippen molar-refractivity contribution in [3.05, 3.63) is 46.0 Å². The Labute approximate surface area is 169 Å². The summed E-state index contributed by atoms with van der Waals surface area (Å²) in [5, 5.41) is 4.12. The molecule has 1 N–H and O–H groups in total. The van der Waals surface area contributed by atoms with Crippen molar-refractivity contribution in [3.8, 4) is 5.75 Å². The molecule has 5 nitrogen and oxygen atoms in total. The summed E-state index contributed by atoms with van der Waals surface area (Å²) < 4.78 is 11.1. The fourth-order valence-corrected chi connectivity index (χ4v) is 4.64. The topological polar surface area (TPSA) is 64.2 Å². The molecule has 0 saturated heterocycles. The molecule has 0 fully saturated rings. The number of carbonyl (C=O) groups is 1. The van der Waals surface area contributed by atoms with Gasteiger partial charge in [0, 0.05) is 34.2 Å². The van der Waals surface area contributed by atoms with E-state index in [0.29, 0.717) is 19.6 Å². The van der Waals surface area contributed by atoms with E-state index in [2.05, 4.69) is 22.1 Å². The molecule has 6 heteroatoms. The van der Waals surface area contributed by atoms with Crippen LogP contribution >= 0.6 is 11.3 Å². The van der Waals surface area contributed by atoms with E-state index < -0.39 is 0 Å². The standard InChI is InChI=1S/C22H26N2O3S/c1-2-26-21(25)12-15-6-4-3-5-7-18-22(15)17-9-8-16(13-19(17)24-18)27-14-20-23-10-11-28-20/h8-11,13,15,24H,2-7,12,14H2,1H3. The van der Waals surface area contributed by atoms with Crippen LogP contribution in [-0.4, -0.2) is 22.5 Å². The number of fused-ring (bicyclic) bond motifs is 3. The third-order valence-corrected chi connectivity index (χ3v) is 6.10. The van der Waals surface area contributed by atoms with Crippen LogP contribution in [0.4, 0.5) is 0 Å². The lowest BCUT2D eigenvalue weighted by Crippen LogP contribution is -2.13. The lowest BCUT2D eigenvalue weighted by Gasteiger charge is -2.20. The zero-order valence-electron chi connectivity index (χ0n) is 16.2. The largest absolute Gasteiger partial charge is 0.486 e. The van der Waals surface area contributed by atoms with E-state index in [1.807, 2.05) is 18.4 Å². The number of rotatable bonds is 6. The zero-order chi connectivity index (χ0) is 19.3. The van der Waals surface area contributed by atoms with Gasteiger partial charge in [-0.25, -0.2) is 4.98 Å². The first-order chi connectivity index (χ1) is 13.7. The highest BCUT2D eigenvalue weighted by Crippen LogP contribution is 2.38. The maximum Gasteiger partial charge on any atom is 0.306 e. The van der Waals surface area contributed by atoms with Crippen LogP contribution in [0.1, 0.15) is 61.2 Å². The average molecular weight is 399 g/mol. The van der Waals surface area contributed by atoms with E-state index >= 15 is 0 Å². The van der Waals surface area contributed by atoms with Gasteiger partial charge in [-0.3, -0.25) is 4.79 Å². The summed E-state index contributed by atoms with van der Waals surface area (Å²) in [5.41, 5.74) is 3.65. The Balaban J connectivity index is 1.62. The molecule has 0 saturated carbocycles. The molecule has 1 aliphatic rings. The Morgan fingerprint density at radius 2 is 2.25 bits per heavy atom. The van der Waals surface area contributed by atoms with E-state index in [9.17, 15) is 4.79 Å². The molecule has 0 amide bonds. The first-order valence-electron chi connectivity index (χ1n) is 10.1. The van der Waals surface area contributed by atoms with Crippen LogP contribution in [0.5, 0.6) is 5.75 Å². The molecule has 1 aromatic carbocycles. The fourth-order valence-electron chi connectivity index (χ4n) is 4.12. The number of hydrogen-bond donors (Lipinski definition) is 1. The number of nitrogens with one attached hydrogen (secondary N) is 1. The van der Waals surface area contributed by atoms with Crippen molar-refractivity contribution in [2.24, 2.45) is 0 Å². The van der Waals surface area contributed by atoms with Crippen molar-refractivity contribution in [1.29, 1.82) is 0 Å². The molecule has 4 rings (SSSR count). The maximum atomic E-state index is 12.2. The molecule has 1 atom stereocenters. The number of benzene rings is 1. The number of aryl methyl sites for hydroxylation is 1. The normalized spacial score (nSPS) is 17.0. The lowest BCUT2D eigenvalue weighted by molar-refractivity contribution is -0.143. The van der Waals surface area contributed by atoms with Crippen LogP contribution in [0.2, 0.25) is 0 Å². The van der Waals surface area contributed by atoms with Crippen molar-refractivity contribution < 1.29 is 14.3 Å². The van der Waals surface area contributed by atoms with Gasteiger partial charge < -0.3 is 14.5 Å². The molecule has 28 heavy (non-hydrogen) atoms. The number of H-pyrrole nitrogens is 1. The van der Waals surface area contributed by atoms with Gasteiger partial charge in [-0.15, -0.1) is 11.3 Å². The average Bonchev–Trinajstić information content (AvgIpc) is 3.30. The summed E-state index contributed by atoms with van der Waals surface area (Å²) in [6.45, 7) is 2.78. The summed E-state index contributed by atoms with van der Waals surface area (Å²) in [5.74, 6) is 0.945. The number of ether oxygens (including phenoxy) is 2. The molecule has 148 valence electrons. The predicted molar refractivity (Wildman–Crippen MR) is 111 cm³/mol. The van der Waals surface area contributed by atoms with Crippen LogP contribution in [0.3, 0.4) is 0 Å². The molecule has 2 heterocycles. The summed E-state index contributed by atoms with van der Waals surface area (Å²) in [7, 11) is 0. The fraction of sp³-hybridized carbons (Fsp3) is 0.455. The van der Waals surface area contributed by atoms with E-state index in [4.69, 9.17) is 9.47 Å². The van der Waals surface area contributed by atoms with Crippen molar-refractivity contribution in [3.63, 3.8) is 0 Å². The molecule has 0 spiro atoms. The second kappa shape index (κ2) is 8.78. The molecular weight excluding hydrogens is 372 g/mol. The summed E-state index contributed by atoms with van der Waals surface area (Å²) in [6.07, 6.45) is 7.85. The predicted octanol–water partition coefficient (Wildman–Crippen LogP) is 5.36. The zero-order valence-corrected chi connectivity index (χ0v) is 17.0. The number of aromatic nitrogens is 2. The minimum Gasteiger partial charge on any atom is -0.486 e. The highest BCUT2D eigenvalue weighted by molar-refractivity contribution is 7.09. The van der Waals surface area contributed by atoms with Gasteiger partial charge in [-0.05, 0) is 49.8 Å². The Morgan fingerprint density at radius 3 is 3.07 bits per heavy atom. The second-order valence-corrected chi connectivity index (χ2v) is 8.22. The SMILES string of the molecule is CCOC(=O)CC1CCCCCc2[nH]c3cc(OCc4nccs4)ccc3c21. The molecule has 3 aromatic rings. The van der Waals surface area contributed by atoms with E-state index in [0.717, 1.165) is 35.5 Å². The lowest BCUT2D eigenvalue weighted by atomic mass is 9.85. The molecule has 0 radical (unpaired) electrons. The van der Waals surface area contributed by atoms with Crippen LogP contribution in [0, 0.1) is 0 Å². The number of hydrogen-bond acceptors (Lipinski definition) is 5. The number of carbonyl (C=O) groups excluding carboxylic acids is 1. The minimum atomic E-state index is -0.100. The number of thiazole rings is 1. The molecule has 0 aliphatic heterocycles. The number of nitrogens with zero attached hydrogens (tertiary/aromatic N) is 1. The third-order valence-electron chi connectivity index (χ3n) is 5.34. The summed E-state index contributed by atoms with van der Waals surface area (Å²) >= 11 is 1.59. The Hall–Kier alpha value is -2.34. The second-order valence-electron chi connectivity index (χ2n) is 7.24. The van der Waals surface area contributed by atoms with Crippen molar-refractivity contribution in [1.82, 2.24) is 9.97 Å².